The number of hydrogen-bond acceptors (Lipinski definition) is 4. The molecule has 2 aromatic heterocycles. The molecule has 1 unspecified atom stereocenters. The second kappa shape index (κ2) is 7.61. The van der Waals surface area contributed by atoms with E-state index in [4.69, 9.17) is 0 Å². The average Bonchev–Trinajstić information content (AvgIpc) is 3.21. The molecule has 28 heavy (non-hydrogen) atoms. The summed E-state index contributed by atoms with van der Waals surface area (Å²) in [6, 6.07) is 5.56. The highest BCUT2D eigenvalue weighted by molar-refractivity contribution is 6.06. The largest absolute Gasteiger partial charge is 0.349 e. The average molecular weight is 382 g/mol. The highest BCUT2D eigenvalue weighted by Gasteiger charge is 2.23. The summed E-state index contributed by atoms with van der Waals surface area (Å²) in [5, 5.41) is 15.4. The number of rotatable bonds is 5. The lowest BCUT2D eigenvalue weighted by atomic mass is 10.1. The van der Waals surface area contributed by atoms with Crippen LogP contribution in [-0.2, 0) is 19.5 Å². The van der Waals surface area contributed by atoms with E-state index < -0.39 is 0 Å². The molecule has 1 aliphatic rings. The number of carbonyl (C=O) groups excluding carboxylic acids is 1. The highest BCUT2D eigenvalue weighted by atomic mass is 16.2. The smallest absolute Gasteiger partial charge is 0.345 e. The minimum absolute atomic E-state index is 0.0138. The van der Waals surface area contributed by atoms with Gasteiger partial charge in [0.1, 0.15) is 5.82 Å². The van der Waals surface area contributed by atoms with Gasteiger partial charge in [0, 0.05) is 30.9 Å². The third kappa shape index (κ3) is 3.58. The predicted octanol–water partition coefficient (Wildman–Crippen LogP) is 2.10. The Morgan fingerprint density at radius 3 is 3.04 bits per heavy atom. The van der Waals surface area contributed by atoms with Gasteiger partial charge in [-0.3, -0.25) is 14.5 Å². The van der Waals surface area contributed by atoms with Crippen LogP contribution in [0.15, 0.2) is 29.2 Å². The van der Waals surface area contributed by atoms with E-state index in [1.165, 1.54) is 0 Å². The molecule has 3 heterocycles. The summed E-state index contributed by atoms with van der Waals surface area (Å²) in [5.74, 6) is 1.25. The van der Waals surface area contributed by atoms with E-state index in [1.807, 2.05) is 18.2 Å². The van der Waals surface area contributed by atoms with Crippen molar-refractivity contribution in [2.75, 3.05) is 0 Å². The van der Waals surface area contributed by atoms with Gasteiger partial charge in [-0.25, -0.2) is 9.48 Å². The third-order valence-corrected chi connectivity index (χ3v) is 5.40. The molecule has 0 fully saturated rings. The van der Waals surface area contributed by atoms with Crippen molar-refractivity contribution < 1.29 is 4.79 Å². The Bertz CT molecular complexity index is 1040. The second-order valence-electron chi connectivity index (χ2n) is 7.89. The number of hydrogen-bond donors (Lipinski definition) is 2. The first kappa shape index (κ1) is 18.5. The molecule has 1 amide bonds. The number of aryl methyl sites for hydroxylation is 2. The van der Waals surface area contributed by atoms with Crippen LogP contribution >= 0.6 is 0 Å². The van der Waals surface area contributed by atoms with Gasteiger partial charge in [-0.15, -0.1) is 0 Å². The Morgan fingerprint density at radius 1 is 1.36 bits per heavy atom. The number of fused-ring (bicyclic) bond motifs is 2. The van der Waals surface area contributed by atoms with Gasteiger partial charge in [0.25, 0.3) is 5.91 Å². The summed E-state index contributed by atoms with van der Waals surface area (Å²) in [6.45, 7) is 5.52. The standard InChI is InChI=1S/C20H26N6O2/c1-13(2)8-11-26-20(28)25-10-9-14(6-7-18(25)24-26)22-19(27)15-4-3-5-17-16(15)12-21-23-17/h3-5,12-14H,6-11H2,1-2H3,(H,21,23)(H,22,27). The summed E-state index contributed by atoms with van der Waals surface area (Å²) in [6.07, 6.45) is 4.79. The van der Waals surface area contributed by atoms with Crippen molar-refractivity contribution in [1.82, 2.24) is 29.9 Å². The molecular weight excluding hydrogens is 356 g/mol. The lowest BCUT2D eigenvalue weighted by Crippen LogP contribution is -2.36. The summed E-state index contributed by atoms with van der Waals surface area (Å²) in [7, 11) is 0. The molecule has 0 saturated heterocycles. The zero-order valence-corrected chi connectivity index (χ0v) is 16.3. The Balaban J connectivity index is 1.44. The second-order valence-corrected chi connectivity index (χ2v) is 7.89. The van der Waals surface area contributed by atoms with E-state index in [0.717, 1.165) is 36.0 Å². The van der Waals surface area contributed by atoms with E-state index >= 15 is 0 Å². The molecule has 3 aromatic rings. The van der Waals surface area contributed by atoms with Gasteiger partial charge < -0.3 is 5.32 Å². The van der Waals surface area contributed by atoms with Crippen molar-refractivity contribution in [3.63, 3.8) is 0 Å². The summed E-state index contributed by atoms with van der Waals surface area (Å²) >= 11 is 0. The first-order valence-electron chi connectivity index (χ1n) is 9.92. The fourth-order valence-corrected chi connectivity index (χ4v) is 3.73. The van der Waals surface area contributed by atoms with Crippen molar-refractivity contribution in [3.8, 4) is 0 Å². The Morgan fingerprint density at radius 2 is 2.21 bits per heavy atom. The lowest BCUT2D eigenvalue weighted by Gasteiger charge is -2.16. The van der Waals surface area contributed by atoms with Crippen LogP contribution in [0.1, 0.15) is 49.3 Å². The number of nitrogens with zero attached hydrogens (tertiary/aromatic N) is 4. The molecule has 148 valence electrons. The zero-order valence-electron chi connectivity index (χ0n) is 16.3. The number of aromatic amines is 1. The number of carbonyl (C=O) groups is 1. The molecule has 1 aliphatic heterocycles. The van der Waals surface area contributed by atoms with Crippen LogP contribution < -0.4 is 11.0 Å². The number of amides is 1. The van der Waals surface area contributed by atoms with Gasteiger partial charge in [-0.2, -0.15) is 10.2 Å². The van der Waals surface area contributed by atoms with Gasteiger partial charge in [-0.1, -0.05) is 19.9 Å². The topological polar surface area (TPSA) is 97.6 Å². The Labute approximate surface area is 162 Å². The fraction of sp³-hybridized carbons (Fsp3) is 0.500. The van der Waals surface area contributed by atoms with Gasteiger partial charge in [0.2, 0.25) is 0 Å². The molecule has 8 heteroatoms. The normalized spacial score (nSPS) is 16.9. The van der Waals surface area contributed by atoms with E-state index in [-0.39, 0.29) is 17.6 Å². The van der Waals surface area contributed by atoms with Crippen molar-refractivity contribution in [2.45, 2.75) is 58.7 Å². The van der Waals surface area contributed by atoms with Gasteiger partial charge in [0.15, 0.2) is 0 Å². The van der Waals surface area contributed by atoms with Crippen LogP contribution in [0.5, 0.6) is 0 Å². The number of aromatic nitrogens is 5. The van der Waals surface area contributed by atoms with Gasteiger partial charge >= 0.3 is 5.69 Å². The molecule has 0 saturated carbocycles. The van der Waals surface area contributed by atoms with Crippen LogP contribution in [-0.4, -0.2) is 36.5 Å². The molecule has 4 rings (SSSR count). The molecule has 8 nitrogen and oxygen atoms in total. The van der Waals surface area contributed by atoms with Crippen LogP contribution in [0.2, 0.25) is 0 Å². The first-order chi connectivity index (χ1) is 13.5. The minimum atomic E-state index is -0.106. The number of nitrogens with one attached hydrogen (secondary N) is 2. The molecule has 0 radical (unpaired) electrons. The Hall–Kier alpha value is -2.90. The molecule has 1 atom stereocenters. The molecule has 2 N–H and O–H groups in total. The fourth-order valence-electron chi connectivity index (χ4n) is 3.73. The summed E-state index contributed by atoms with van der Waals surface area (Å²) in [4.78, 5) is 25.4. The predicted molar refractivity (Wildman–Crippen MR) is 106 cm³/mol. The highest BCUT2D eigenvalue weighted by Crippen LogP contribution is 2.18. The van der Waals surface area contributed by atoms with E-state index in [0.29, 0.717) is 31.0 Å². The van der Waals surface area contributed by atoms with Crippen molar-refractivity contribution >= 4 is 16.8 Å². The van der Waals surface area contributed by atoms with Gasteiger partial charge in [0.05, 0.1) is 17.3 Å². The third-order valence-electron chi connectivity index (χ3n) is 5.40. The molecule has 1 aromatic carbocycles. The first-order valence-corrected chi connectivity index (χ1v) is 9.92. The minimum Gasteiger partial charge on any atom is -0.349 e. The maximum absolute atomic E-state index is 12.8. The van der Waals surface area contributed by atoms with Crippen LogP contribution in [0.3, 0.4) is 0 Å². The monoisotopic (exact) mass is 382 g/mol. The van der Waals surface area contributed by atoms with E-state index in [9.17, 15) is 9.59 Å². The maximum atomic E-state index is 12.8. The lowest BCUT2D eigenvalue weighted by molar-refractivity contribution is 0.0934. The number of H-pyrrole nitrogens is 1. The summed E-state index contributed by atoms with van der Waals surface area (Å²) < 4.78 is 3.36. The van der Waals surface area contributed by atoms with E-state index in [2.05, 4.69) is 34.5 Å². The molecule has 0 bridgehead atoms. The zero-order chi connectivity index (χ0) is 19.7. The van der Waals surface area contributed by atoms with Crippen molar-refractivity contribution in [1.29, 1.82) is 0 Å². The van der Waals surface area contributed by atoms with E-state index in [1.54, 1.807) is 15.4 Å². The van der Waals surface area contributed by atoms with Crippen LogP contribution in [0.25, 0.3) is 10.9 Å². The van der Waals surface area contributed by atoms with Crippen LogP contribution in [0.4, 0.5) is 0 Å². The van der Waals surface area contributed by atoms with Crippen molar-refractivity contribution in [2.24, 2.45) is 5.92 Å². The quantitative estimate of drug-likeness (QED) is 0.706. The summed E-state index contributed by atoms with van der Waals surface area (Å²) in [5.41, 5.74) is 1.42. The molecular formula is C20H26N6O2. The molecule has 0 aliphatic carbocycles. The molecule has 0 spiro atoms. The maximum Gasteiger partial charge on any atom is 0.345 e. The van der Waals surface area contributed by atoms with Gasteiger partial charge in [-0.05, 0) is 37.3 Å². The van der Waals surface area contributed by atoms with Crippen LogP contribution in [0, 0.1) is 5.92 Å². The number of benzene rings is 1. The Kier molecular flexibility index (Phi) is 5.02. The SMILES string of the molecule is CC(C)CCn1nc2n(c1=O)CCC(NC(=O)c1cccc3[nH]ncc13)CC2. The van der Waals surface area contributed by atoms with Crippen molar-refractivity contribution in [3.05, 3.63) is 46.3 Å².